The van der Waals surface area contributed by atoms with Gasteiger partial charge >= 0.3 is 6.09 Å². The van der Waals surface area contributed by atoms with Gasteiger partial charge in [-0.3, -0.25) is 0 Å². The highest BCUT2D eigenvalue weighted by atomic mass is 32.1. The summed E-state index contributed by atoms with van der Waals surface area (Å²) in [6.07, 6.45) is 4.99. The van der Waals surface area contributed by atoms with E-state index < -0.39 is 5.60 Å². The van der Waals surface area contributed by atoms with Crippen LogP contribution in [0, 0.1) is 5.92 Å². The van der Waals surface area contributed by atoms with Crippen molar-refractivity contribution in [2.45, 2.75) is 59.1 Å². The Morgan fingerprint density at radius 2 is 2.30 bits per heavy atom. The summed E-state index contributed by atoms with van der Waals surface area (Å²) in [6, 6.07) is 0. The quantitative estimate of drug-likeness (QED) is 0.893. The van der Waals surface area contributed by atoms with E-state index >= 15 is 0 Å². The third kappa shape index (κ3) is 6.11. The fourth-order valence-electron chi connectivity index (χ4n) is 2.72. The zero-order valence-electron chi connectivity index (χ0n) is 14.7. The number of rotatable bonds is 5. The zero-order chi connectivity index (χ0) is 16.9. The minimum Gasteiger partial charge on any atom is -0.444 e. The van der Waals surface area contributed by atoms with Crippen LogP contribution in [0.4, 0.5) is 4.79 Å². The van der Waals surface area contributed by atoms with E-state index in [-0.39, 0.29) is 6.09 Å². The number of ether oxygens (including phenoxy) is 1. The highest BCUT2D eigenvalue weighted by Crippen LogP contribution is 2.19. The van der Waals surface area contributed by atoms with Crippen LogP contribution in [0.25, 0.3) is 0 Å². The van der Waals surface area contributed by atoms with Crippen molar-refractivity contribution >= 4 is 17.4 Å². The predicted molar refractivity (Wildman–Crippen MR) is 93.7 cm³/mol. The molecule has 1 aliphatic rings. The van der Waals surface area contributed by atoms with Crippen LogP contribution in [-0.2, 0) is 17.7 Å². The van der Waals surface area contributed by atoms with Gasteiger partial charge in [0.05, 0.1) is 5.01 Å². The van der Waals surface area contributed by atoms with E-state index in [1.807, 2.05) is 31.9 Å². The molecule has 23 heavy (non-hydrogen) atoms. The fourth-order valence-corrected chi connectivity index (χ4v) is 3.55. The van der Waals surface area contributed by atoms with Crippen molar-refractivity contribution in [3.8, 4) is 0 Å². The van der Waals surface area contributed by atoms with Crippen molar-refractivity contribution < 1.29 is 9.53 Å². The van der Waals surface area contributed by atoms with Gasteiger partial charge in [0.2, 0.25) is 0 Å². The van der Waals surface area contributed by atoms with Crippen LogP contribution < -0.4 is 5.32 Å². The van der Waals surface area contributed by atoms with E-state index in [9.17, 15) is 4.79 Å². The first kappa shape index (κ1) is 18.2. The van der Waals surface area contributed by atoms with Crippen molar-refractivity contribution in [3.05, 3.63) is 16.1 Å². The molecule has 0 aliphatic carbocycles. The SMILES string of the molecule is CCc1ncc(CNCC2CCCN(C(=O)OC(C)(C)C)C2)s1. The molecule has 1 unspecified atom stereocenters. The van der Waals surface area contributed by atoms with Crippen LogP contribution in [0.2, 0.25) is 0 Å². The van der Waals surface area contributed by atoms with E-state index in [0.717, 1.165) is 45.4 Å². The number of carbonyl (C=O) groups excluding carboxylic acids is 1. The summed E-state index contributed by atoms with van der Waals surface area (Å²) >= 11 is 1.77. The summed E-state index contributed by atoms with van der Waals surface area (Å²) in [5.41, 5.74) is -0.425. The monoisotopic (exact) mass is 339 g/mol. The number of nitrogens with zero attached hydrogens (tertiary/aromatic N) is 2. The molecule has 1 amide bonds. The van der Waals surface area contributed by atoms with Gasteiger partial charge < -0.3 is 15.0 Å². The molecule has 1 aliphatic heterocycles. The molecule has 5 nitrogen and oxygen atoms in total. The maximum absolute atomic E-state index is 12.2. The van der Waals surface area contributed by atoms with Gasteiger partial charge in [-0.2, -0.15) is 0 Å². The Hall–Kier alpha value is -1.14. The summed E-state index contributed by atoms with van der Waals surface area (Å²) in [4.78, 5) is 19.7. The molecule has 6 heteroatoms. The van der Waals surface area contributed by atoms with Crippen LogP contribution >= 0.6 is 11.3 Å². The Morgan fingerprint density at radius 3 is 2.96 bits per heavy atom. The average molecular weight is 340 g/mol. The van der Waals surface area contributed by atoms with E-state index in [1.54, 1.807) is 11.3 Å². The van der Waals surface area contributed by atoms with E-state index in [2.05, 4.69) is 17.2 Å². The number of amides is 1. The van der Waals surface area contributed by atoms with Gasteiger partial charge in [-0.05, 0) is 52.5 Å². The molecule has 130 valence electrons. The molecule has 0 aromatic carbocycles. The highest BCUT2D eigenvalue weighted by Gasteiger charge is 2.27. The standard InChI is InChI=1S/C17H29N3O2S/c1-5-15-19-11-14(23-15)10-18-9-13-7-6-8-20(12-13)16(21)22-17(2,3)4/h11,13,18H,5-10,12H2,1-4H3. The van der Waals surface area contributed by atoms with Crippen molar-refractivity contribution in [2.24, 2.45) is 5.92 Å². The van der Waals surface area contributed by atoms with E-state index in [0.29, 0.717) is 5.92 Å². The Labute approximate surface area is 143 Å². The number of hydrogen-bond acceptors (Lipinski definition) is 5. The number of thiazole rings is 1. The summed E-state index contributed by atoms with van der Waals surface area (Å²) in [6.45, 7) is 11.2. The highest BCUT2D eigenvalue weighted by molar-refractivity contribution is 7.11. The zero-order valence-corrected chi connectivity index (χ0v) is 15.5. The number of aromatic nitrogens is 1. The minimum absolute atomic E-state index is 0.183. The Kier molecular flexibility index (Phi) is 6.41. The maximum Gasteiger partial charge on any atom is 0.410 e. The smallest absolute Gasteiger partial charge is 0.410 e. The molecule has 1 fully saturated rings. The molecule has 0 bridgehead atoms. The summed E-state index contributed by atoms with van der Waals surface area (Å²) in [5, 5.41) is 4.70. The second-order valence-corrected chi connectivity index (χ2v) is 8.34. The number of likely N-dealkylation sites (tertiary alicyclic amines) is 1. The van der Waals surface area contributed by atoms with Gasteiger partial charge in [-0.1, -0.05) is 6.92 Å². The Morgan fingerprint density at radius 1 is 1.52 bits per heavy atom. The Bertz CT molecular complexity index is 510. The minimum atomic E-state index is -0.425. The number of piperidine rings is 1. The first-order valence-corrected chi connectivity index (χ1v) is 9.31. The molecule has 1 aromatic heterocycles. The van der Waals surface area contributed by atoms with Gasteiger partial charge in [-0.15, -0.1) is 11.3 Å². The normalized spacial score (nSPS) is 19.0. The lowest BCUT2D eigenvalue weighted by Gasteiger charge is -2.34. The van der Waals surface area contributed by atoms with Crippen molar-refractivity contribution in [1.29, 1.82) is 0 Å². The average Bonchev–Trinajstić information content (AvgIpc) is 2.94. The first-order valence-electron chi connectivity index (χ1n) is 8.49. The number of carbonyl (C=O) groups is 1. The van der Waals surface area contributed by atoms with E-state index in [1.165, 1.54) is 9.88 Å². The number of nitrogens with one attached hydrogen (secondary N) is 1. The molecule has 1 N–H and O–H groups in total. The lowest BCUT2D eigenvalue weighted by molar-refractivity contribution is 0.0166. The summed E-state index contributed by atoms with van der Waals surface area (Å²) in [7, 11) is 0. The molecular formula is C17H29N3O2S. The fraction of sp³-hybridized carbons (Fsp3) is 0.765. The Balaban J connectivity index is 1.74. The lowest BCUT2D eigenvalue weighted by atomic mass is 9.98. The van der Waals surface area contributed by atoms with Gasteiger partial charge in [0.25, 0.3) is 0 Å². The van der Waals surface area contributed by atoms with Crippen molar-refractivity contribution in [3.63, 3.8) is 0 Å². The molecule has 2 heterocycles. The largest absolute Gasteiger partial charge is 0.444 e. The van der Waals surface area contributed by atoms with Crippen LogP contribution in [0.1, 0.15) is 50.4 Å². The first-order chi connectivity index (χ1) is 10.9. The molecule has 1 aromatic rings. The maximum atomic E-state index is 12.2. The molecule has 1 saturated heterocycles. The number of hydrogen-bond donors (Lipinski definition) is 1. The van der Waals surface area contributed by atoms with Gasteiger partial charge in [0, 0.05) is 30.7 Å². The summed E-state index contributed by atoms with van der Waals surface area (Å²) < 4.78 is 5.47. The molecule has 0 spiro atoms. The van der Waals surface area contributed by atoms with Crippen LogP contribution in [0.15, 0.2) is 6.20 Å². The topological polar surface area (TPSA) is 54.5 Å². The summed E-state index contributed by atoms with van der Waals surface area (Å²) in [5.74, 6) is 0.495. The molecule has 1 atom stereocenters. The van der Waals surface area contributed by atoms with Crippen LogP contribution in [0.3, 0.4) is 0 Å². The lowest BCUT2D eigenvalue weighted by Crippen LogP contribution is -2.44. The third-order valence-corrected chi connectivity index (χ3v) is 4.95. The van der Waals surface area contributed by atoms with Gasteiger partial charge in [0.15, 0.2) is 0 Å². The predicted octanol–water partition coefficient (Wildman–Crippen LogP) is 3.44. The van der Waals surface area contributed by atoms with E-state index in [4.69, 9.17) is 4.74 Å². The molecule has 0 radical (unpaired) electrons. The molecule has 0 saturated carbocycles. The van der Waals surface area contributed by atoms with Crippen LogP contribution in [0.5, 0.6) is 0 Å². The third-order valence-electron chi connectivity index (χ3n) is 3.81. The van der Waals surface area contributed by atoms with Crippen molar-refractivity contribution in [2.75, 3.05) is 19.6 Å². The number of aryl methyl sites for hydroxylation is 1. The second-order valence-electron chi connectivity index (χ2n) is 7.14. The van der Waals surface area contributed by atoms with Gasteiger partial charge in [0.1, 0.15) is 5.60 Å². The molecular weight excluding hydrogens is 310 g/mol. The molecule has 2 rings (SSSR count). The second kappa shape index (κ2) is 8.11. The van der Waals surface area contributed by atoms with Crippen LogP contribution in [-0.4, -0.2) is 41.2 Å². The van der Waals surface area contributed by atoms with Gasteiger partial charge in [-0.25, -0.2) is 9.78 Å². The van der Waals surface area contributed by atoms with Crippen molar-refractivity contribution in [1.82, 2.24) is 15.2 Å².